The Labute approximate surface area is 185 Å². The Balaban J connectivity index is 1.81. The lowest BCUT2D eigenvalue weighted by Gasteiger charge is -2.38. The number of aliphatic carboxylic acids is 1. The number of fused-ring (bicyclic) bond motifs is 1. The summed E-state index contributed by atoms with van der Waals surface area (Å²) >= 11 is 0. The van der Waals surface area contributed by atoms with Crippen molar-refractivity contribution in [3.05, 3.63) is 52.7 Å². The molecule has 4 rings (SSSR count). The first-order chi connectivity index (χ1) is 15.7. The molecule has 1 aromatic heterocycles. The fourth-order valence-corrected chi connectivity index (χ4v) is 3.57. The van der Waals surface area contributed by atoms with Gasteiger partial charge in [0.15, 0.2) is 22.9 Å². The first kappa shape index (κ1) is 22.6. The molecule has 1 aliphatic heterocycles. The minimum absolute atomic E-state index is 0.152. The summed E-state index contributed by atoms with van der Waals surface area (Å²) in [5.74, 6) is -2.36. The number of phenols is 1. The quantitative estimate of drug-likeness (QED) is 0.357. The van der Waals surface area contributed by atoms with E-state index in [2.05, 4.69) is 0 Å². The van der Waals surface area contributed by atoms with Crippen LogP contribution >= 0.6 is 0 Å². The Kier molecular flexibility index (Phi) is 5.95. The van der Waals surface area contributed by atoms with E-state index >= 15 is 0 Å². The first-order valence-corrected chi connectivity index (χ1v) is 9.75. The third kappa shape index (κ3) is 3.98. The molecule has 0 saturated carbocycles. The Morgan fingerprint density at radius 1 is 1.03 bits per heavy atom. The Morgan fingerprint density at radius 3 is 2.36 bits per heavy atom. The molecule has 2 heterocycles. The highest BCUT2D eigenvalue weighted by molar-refractivity contribution is 5.91. The standard InChI is InChI=1S/C22H20O11/c1-30-18-13(32-22-17(27)15(25)16(26)20(33-22)21(28)29)8-11(24)14-10(23)7-12(31-19(14)18)9-5-3-2-4-6-9/h2-8,15-17,20,22,24-27H,1H3,(H,28,29)/t15-,16+,17-,20-,22+/m1/s1. The fraction of sp³-hybridized carbons (Fsp3) is 0.273. The first-order valence-electron chi connectivity index (χ1n) is 9.75. The van der Waals surface area contributed by atoms with Gasteiger partial charge in [0.05, 0.1) is 7.11 Å². The Hall–Kier alpha value is -3.64. The van der Waals surface area contributed by atoms with Crippen LogP contribution in [0.25, 0.3) is 22.3 Å². The van der Waals surface area contributed by atoms with Crippen molar-refractivity contribution in [3.63, 3.8) is 0 Å². The molecule has 3 aromatic rings. The molecule has 0 unspecified atom stereocenters. The lowest BCUT2D eigenvalue weighted by Crippen LogP contribution is -2.61. The van der Waals surface area contributed by atoms with E-state index in [9.17, 15) is 35.1 Å². The number of aliphatic hydroxyl groups is 3. The zero-order valence-electron chi connectivity index (χ0n) is 17.1. The SMILES string of the molecule is COc1c(O[C@H]2O[C@@H](C(=O)O)[C@@H](O)[C@@H](O)[C@H]2O)cc(O)c2c(=O)cc(-c3ccccc3)oc12. The predicted molar refractivity (Wildman–Crippen MR) is 111 cm³/mol. The van der Waals surface area contributed by atoms with Crippen LogP contribution in [0.15, 0.2) is 51.7 Å². The van der Waals surface area contributed by atoms with E-state index in [0.717, 1.165) is 6.07 Å². The van der Waals surface area contributed by atoms with Crippen molar-refractivity contribution in [3.8, 4) is 28.6 Å². The molecular formula is C22H20O11. The van der Waals surface area contributed by atoms with Crippen LogP contribution in [0.5, 0.6) is 17.2 Å². The van der Waals surface area contributed by atoms with Crippen LogP contribution in [0, 0.1) is 0 Å². The van der Waals surface area contributed by atoms with Gasteiger partial charge in [-0.2, -0.15) is 0 Å². The summed E-state index contributed by atoms with van der Waals surface area (Å²) in [5, 5.41) is 49.5. The van der Waals surface area contributed by atoms with Crippen LogP contribution < -0.4 is 14.9 Å². The van der Waals surface area contributed by atoms with Gasteiger partial charge in [-0.25, -0.2) is 4.79 Å². The summed E-state index contributed by atoms with van der Waals surface area (Å²) in [6.45, 7) is 0. The maximum absolute atomic E-state index is 12.7. The minimum atomic E-state index is -1.91. The average Bonchev–Trinajstić information content (AvgIpc) is 2.79. The highest BCUT2D eigenvalue weighted by Gasteiger charge is 2.48. The number of carboxylic acids is 1. The van der Waals surface area contributed by atoms with E-state index in [4.69, 9.17) is 18.6 Å². The van der Waals surface area contributed by atoms with Crippen molar-refractivity contribution >= 4 is 16.9 Å². The van der Waals surface area contributed by atoms with Gasteiger partial charge in [0.1, 0.15) is 35.2 Å². The van der Waals surface area contributed by atoms with Crippen LogP contribution in [-0.4, -0.2) is 69.3 Å². The fourth-order valence-electron chi connectivity index (χ4n) is 3.57. The van der Waals surface area contributed by atoms with E-state index in [1.165, 1.54) is 13.2 Å². The van der Waals surface area contributed by atoms with Gasteiger partial charge in [-0.15, -0.1) is 0 Å². The number of phenolic OH excluding ortho intramolecular Hbond substituents is 1. The Bertz CT molecular complexity index is 1240. The topological polar surface area (TPSA) is 176 Å². The number of carbonyl (C=O) groups is 1. The van der Waals surface area contributed by atoms with Crippen molar-refractivity contribution in [1.82, 2.24) is 0 Å². The second-order valence-corrected chi connectivity index (χ2v) is 7.33. The lowest BCUT2D eigenvalue weighted by atomic mass is 9.99. The number of carboxylic acid groups (broad SMARTS) is 1. The molecule has 174 valence electrons. The molecule has 0 radical (unpaired) electrons. The number of aliphatic hydroxyl groups excluding tert-OH is 3. The maximum atomic E-state index is 12.7. The zero-order valence-corrected chi connectivity index (χ0v) is 17.1. The van der Waals surface area contributed by atoms with Crippen LogP contribution in [0.3, 0.4) is 0 Å². The van der Waals surface area contributed by atoms with Crippen molar-refractivity contribution in [2.24, 2.45) is 0 Å². The van der Waals surface area contributed by atoms with Crippen molar-refractivity contribution < 1.29 is 49.0 Å². The number of hydrogen-bond acceptors (Lipinski definition) is 10. The maximum Gasteiger partial charge on any atom is 0.335 e. The van der Waals surface area contributed by atoms with E-state index in [1.54, 1.807) is 30.3 Å². The number of benzene rings is 2. The van der Waals surface area contributed by atoms with Crippen LogP contribution in [0.1, 0.15) is 0 Å². The van der Waals surface area contributed by atoms with E-state index < -0.39 is 47.9 Å². The molecule has 1 fully saturated rings. The van der Waals surface area contributed by atoms with Crippen molar-refractivity contribution in [2.75, 3.05) is 7.11 Å². The zero-order chi connectivity index (χ0) is 23.9. The monoisotopic (exact) mass is 460 g/mol. The molecule has 0 aliphatic carbocycles. The molecule has 5 N–H and O–H groups in total. The van der Waals surface area contributed by atoms with E-state index in [-0.39, 0.29) is 28.2 Å². The number of hydrogen-bond donors (Lipinski definition) is 5. The van der Waals surface area contributed by atoms with Gasteiger partial charge in [0.2, 0.25) is 12.0 Å². The second-order valence-electron chi connectivity index (χ2n) is 7.33. The normalized spacial score (nSPS) is 25.0. The molecule has 5 atom stereocenters. The molecule has 2 aromatic carbocycles. The summed E-state index contributed by atoms with van der Waals surface area (Å²) < 4.78 is 21.8. The summed E-state index contributed by atoms with van der Waals surface area (Å²) in [6.07, 6.45) is -9.31. The molecule has 0 amide bonds. The molecule has 0 bridgehead atoms. The largest absolute Gasteiger partial charge is 0.507 e. The third-order valence-corrected chi connectivity index (χ3v) is 5.22. The molecule has 33 heavy (non-hydrogen) atoms. The highest BCUT2D eigenvalue weighted by Crippen LogP contribution is 2.42. The molecule has 1 saturated heterocycles. The molecular weight excluding hydrogens is 440 g/mol. The second kappa shape index (κ2) is 8.71. The predicted octanol–water partition coefficient (Wildman–Crippen LogP) is 0.445. The summed E-state index contributed by atoms with van der Waals surface area (Å²) in [7, 11) is 1.24. The Morgan fingerprint density at radius 2 is 1.73 bits per heavy atom. The van der Waals surface area contributed by atoms with Gasteiger partial charge in [-0.3, -0.25) is 4.79 Å². The van der Waals surface area contributed by atoms with Gasteiger partial charge >= 0.3 is 5.97 Å². The average molecular weight is 460 g/mol. The summed E-state index contributed by atoms with van der Waals surface area (Å²) in [4.78, 5) is 24.0. The van der Waals surface area contributed by atoms with Crippen LogP contribution in [0.2, 0.25) is 0 Å². The highest BCUT2D eigenvalue weighted by atomic mass is 16.7. The lowest BCUT2D eigenvalue weighted by molar-refractivity contribution is -0.271. The number of aromatic hydroxyl groups is 1. The van der Waals surface area contributed by atoms with Gasteiger partial charge < -0.3 is 44.2 Å². The summed E-state index contributed by atoms with van der Waals surface area (Å²) in [5.41, 5.74) is -0.146. The molecule has 1 aliphatic rings. The smallest absolute Gasteiger partial charge is 0.335 e. The van der Waals surface area contributed by atoms with Crippen molar-refractivity contribution in [1.29, 1.82) is 0 Å². The van der Waals surface area contributed by atoms with Crippen LogP contribution in [0.4, 0.5) is 0 Å². The number of ether oxygens (including phenoxy) is 3. The van der Waals surface area contributed by atoms with Crippen LogP contribution in [-0.2, 0) is 9.53 Å². The van der Waals surface area contributed by atoms with Crippen molar-refractivity contribution in [2.45, 2.75) is 30.7 Å². The van der Waals surface area contributed by atoms with Gasteiger partial charge in [0.25, 0.3) is 0 Å². The summed E-state index contributed by atoms with van der Waals surface area (Å²) in [6, 6.07) is 10.9. The van der Waals surface area contributed by atoms with Gasteiger partial charge in [-0.05, 0) is 0 Å². The van der Waals surface area contributed by atoms with E-state index in [1.807, 2.05) is 0 Å². The molecule has 11 heteroatoms. The number of methoxy groups -OCH3 is 1. The third-order valence-electron chi connectivity index (χ3n) is 5.22. The van der Waals surface area contributed by atoms with Gasteiger partial charge in [0, 0.05) is 17.7 Å². The van der Waals surface area contributed by atoms with E-state index in [0.29, 0.717) is 5.56 Å². The van der Waals surface area contributed by atoms with Gasteiger partial charge in [-0.1, -0.05) is 30.3 Å². The minimum Gasteiger partial charge on any atom is -0.507 e. The molecule has 0 spiro atoms. The molecule has 11 nitrogen and oxygen atoms in total. The number of rotatable bonds is 5.